The molecule has 0 aliphatic heterocycles. The second kappa shape index (κ2) is 9.16. The van der Waals surface area contributed by atoms with Gasteiger partial charge in [-0.15, -0.1) is 11.3 Å². The first kappa shape index (κ1) is 21.6. The van der Waals surface area contributed by atoms with Crippen molar-refractivity contribution < 1.29 is 22.7 Å². The van der Waals surface area contributed by atoms with Gasteiger partial charge in [0, 0.05) is 10.9 Å². The second-order valence-corrected chi connectivity index (χ2v) is 9.01. The van der Waals surface area contributed by atoms with Crippen LogP contribution in [0.4, 0.5) is 5.13 Å². The third-order valence-electron chi connectivity index (χ3n) is 4.08. The average molecular weight is 446 g/mol. The van der Waals surface area contributed by atoms with Gasteiger partial charge >= 0.3 is 5.97 Å². The average Bonchev–Trinajstić information content (AvgIpc) is 3.21. The topological polar surface area (TPSA) is 114 Å². The Morgan fingerprint density at radius 1 is 1.13 bits per heavy atom. The van der Waals surface area contributed by atoms with E-state index in [2.05, 4.69) is 15.0 Å². The van der Waals surface area contributed by atoms with Gasteiger partial charge in [0.05, 0.1) is 16.2 Å². The molecule has 3 rings (SSSR count). The van der Waals surface area contributed by atoms with Crippen molar-refractivity contribution in [1.82, 2.24) is 9.71 Å². The number of thiazole rings is 1. The number of carbonyl (C=O) groups is 2. The fourth-order valence-electron chi connectivity index (χ4n) is 2.47. The molecule has 2 aromatic carbocycles. The summed E-state index contributed by atoms with van der Waals surface area (Å²) in [4.78, 5) is 28.5. The summed E-state index contributed by atoms with van der Waals surface area (Å²) in [6.07, 6.45) is 0. The first-order valence-corrected chi connectivity index (χ1v) is 11.2. The molecule has 1 heterocycles. The Hall–Kier alpha value is -3.08. The molecule has 0 unspecified atom stereocenters. The Morgan fingerprint density at radius 3 is 2.57 bits per heavy atom. The van der Waals surface area contributed by atoms with E-state index in [-0.39, 0.29) is 10.5 Å². The minimum absolute atomic E-state index is 0.0232. The highest BCUT2D eigenvalue weighted by Gasteiger charge is 2.16. The molecule has 0 spiro atoms. The summed E-state index contributed by atoms with van der Waals surface area (Å²) in [6, 6.07) is 13.2. The summed E-state index contributed by atoms with van der Waals surface area (Å²) in [6.45, 7) is 1.47. The number of carbonyl (C=O) groups excluding carboxylic acids is 2. The number of rotatable bonds is 7. The summed E-state index contributed by atoms with van der Waals surface area (Å²) in [7, 11) is -2.42. The second-order valence-electron chi connectivity index (χ2n) is 6.26. The maximum absolute atomic E-state index is 12.2. The number of hydrogen-bond acceptors (Lipinski definition) is 7. The Balaban J connectivity index is 1.58. The zero-order valence-corrected chi connectivity index (χ0v) is 17.8. The van der Waals surface area contributed by atoms with Crippen molar-refractivity contribution >= 4 is 38.4 Å². The molecule has 0 radical (unpaired) electrons. The molecule has 30 heavy (non-hydrogen) atoms. The normalized spacial score (nSPS) is 11.1. The van der Waals surface area contributed by atoms with E-state index in [9.17, 15) is 18.0 Å². The molecule has 2 N–H and O–H groups in total. The number of aryl methyl sites for hydroxylation is 1. The van der Waals surface area contributed by atoms with Crippen LogP contribution < -0.4 is 10.0 Å². The molecular weight excluding hydrogens is 426 g/mol. The van der Waals surface area contributed by atoms with Crippen molar-refractivity contribution in [1.29, 1.82) is 0 Å². The van der Waals surface area contributed by atoms with Gasteiger partial charge in [0.15, 0.2) is 11.7 Å². The van der Waals surface area contributed by atoms with Gasteiger partial charge in [0.2, 0.25) is 10.0 Å². The van der Waals surface area contributed by atoms with E-state index in [4.69, 9.17) is 4.74 Å². The Kier molecular flexibility index (Phi) is 6.60. The van der Waals surface area contributed by atoms with Crippen molar-refractivity contribution in [2.24, 2.45) is 0 Å². The van der Waals surface area contributed by atoms with E-state index in [1.54, 1.807) is 0 Å². The standard InChI is InChI=1S/C20H19N3O5S2/c1-13-6-8-14(9-7-13)17-12-29-20(22-17)23-18(24)11-28-19(25)15-4-3-5-16(10-15)30(26,27)21-2/h3-10,12,21H,11H2,1-2H3,(H,22,23,24). The van der Waals surface area contributed by atoms with Crippen LogP contribution in [0.1, 0.15) is 15.9 Å². The van der Waals surface area contributed by atoms with Crippen molar-refractivity contribution in [2.75, 3.05) is 19.0 Å². The molecule has 0 aliphatic rings. The molecule has 0 fully saturated rings. The van der Waals surface area contributed by atoms with Crippen molar-refractivity contribution in [2.45, 2.75) is 11.8 Å². The van der Waals surface area contributed by atoms with Gasteiger partial charge in [-0.25, -0.2) is 22.9 Å². The molecule has 0 saturated heterocycles. The quantitative estimate of drug-likeness (QED) is 0.541. The predicted molar refractivity (Wildman–Crippen MR) is 114 cm³/mol. The van der Waals surface area contributed by atoms with Gasteiger partial charge in [0.25, 0.3) is 5.91 Å². The minimum Gasteiger partial charge on any atom is -0.452 e. The molecule has 3 aromatic rings. The van der Waals surface area contributed by atoms with Crippen LogP contribution in [0.3, 0.4) is 0 Å². The van der Waals surface area contributed by atoms with Gasteiger partial charge < -0.3 is 4.74 Å². The van der Waals surface area contributed by atoms with Crippen LogP contribution in [0.2, 0.25) is 0 Å². The lowest BCUT2D eigenvalue weighted by molar-refractivity contribution is -0.119. The lowest BCUT2D eigenvalue weighted by atomic mass is 10.1. The van der Waals surface area contributed by atoms with Crippen LogP contribution >= 0.6 is 11.3 Å². The van der Waals surface area contributed by atoms with Gasteiger partial charge in [-0.2, -0.15) is 0 Å². The fourth-order valence-corrected chi connectivity index (χ4v) is 3.98. The number of sulfonamides is 1. The monoisotopic (exact) mass is 445 g/mol. The molecule has 0 aliphatic carbocycles. The number of nitrogens with zero attached hydrogens (tertiary/aromatic N) is 1. The summed E-state index contributed by atoms with van der Waals surface area (Å²) < 4.78 is 30.8. The third-order valence-corrected chi connectivity index (χ3v) is 6.25. The maximum atomic E-state index is 12.2. The smallest absolute Gasteiger partial charge is 0.338 e. The highest BCUT2D eigenvalue weighted by molar-refractivity contribution is 7.89. The Labute approximate surface area is 178 Å². The predicted octanol–water partition coefficient (Wildman–Crippen LogP) is 2.82. The van der Waals surface area contributed by atoms with Crippen LogP contribution in [0.25, 0.3) is 11.3 Å². The minimum atomic E-state index is -3.69. The number of ether oxygens (including phenoxy) is 1. The van der Waals surface area contributed by atoms with E-state index in [0.717, 1.165) is 16.8 Å². The maximum Gasteiger partial charge on any atom is 0.338 e. The van der Waals surface area contributed by atoms with Gasteiger partial charge in [0.1, 0.15) is 0 Å². The van der Waals surface area contributed by atoms with E-state index in [1.807, 2.05) is 36.6 Å². The third kappa shape index (κ3) is 5.29. The van der Waals surface area contributed by atoms with Crippen molar-refractivity contribution in [3.8, 4) is 11.3 Å². The largest absolute Gasteiger partial charge is 0.452 e. The molecular formula is C20H19N3O5S2. The zero-order valence-electron chi connectivity index (χ0n) is 16.2. The molecule has 8 nitrogen and oxygen atoms in total. The molecule has 0 bridgehead atoms. The molecule has 156 valence electrons. The van der Waals surface area contributed by atoms with Crippen LogP contribution in [-0.4, -0.2) is 38.9 Å². The van der Waals surface area contributed by atoms with E-state index >= 15 is 0 Å². The van der Waals surface area contributed by atoms with E-state index in [1.165, 1.54) is 42.6 Å². The first-order chi connectivity index (χ1) is 14.3. The molecule has 0 atom stereocenters. The fraction of sp³-hybridized carbons (Fsp3) is 0.150. The van der Waals surface area contributed by atoms with Gasteiger partial charge in [-0.3, -0.25) is 10.1 Å². The van der Waals surface area contributed by atoms with E-state index < -0.39 is 28.5 Å². The number of esters is 1. The molecule has 10 heteroatoms. The number of amides is 1. The van der Waals surface area contributed by atoms with Crippen LogP contribution in [0.5, 0.6) is 0 Å². The lowest BCUT2D eigenvalue weighted by Gasteiger charge is -2.07. The highest BCUT2D eigenvalue weighted by atomic mass is 32.2. The Morgan fingerprint density at radius 2 is 1.87 bits per heavy atom. The number of hydrogen-bond donors (Lipinski definition) is 2. The summed E-state index contributed by atoms with van der Waals surface area (Å²) >= 11 is 1.26. The van der Waals surface area contributed by atoms with Gasteiger partial charge in [-0.1, -0.05) is 35.9 Å². The van der Waals surface area contributed by atoms with Crippen LogP contribution in [-0.2, 0) is 19.6 Å². The van der Waals surface area contributed by atoms with Crippen LogP contribution in [0, 0.1) is 6.92 Å². The molecule has 1 aromatic heterocycles. The molecule has 1 amide bonds. The summed E-state index contributed by atoms with van der Waals surface area (Å²) in [5.41, 5.74) is 2.82. The number of aromatic nitrogens is 1. The Bertz CT molecular complexity index is 1170. The number of benzene rings is 2. The number of nitrogens with one attached hydrogen (secondary N) is 2. The van der Waals surface area contributed by atoms with Crippen molar-refractivity contribution in [3.05, 3.63) is 65.0 Å². The summed E-state index contributed by atoms with van der Waals surface area (Å²) in [5, 5.41) is 4.78. The highest BCUT2D eigenvalue weighted by Crippen LogP contribution is 2.25. The first-order valence-electron chi connectivity index (χ1n) is 8.81. The van der Waals surface area contributed by atoms with Crippen molar-refractivity contribution in [3.63, 3.8) is 0 Å². The number of anilines is 1. The van der Waals surface area contributed by atoms with Crippen LogP contribution in [0.15, 0.2) is 58.8 Å². The summed E-state index contributed by atoms with van der Waals surface area (Å²) in [5.74, 6) is -1.36. The molecule has 0 saturated carbocycles. The van der Waals surface area contributed by atoms with E-state index in [0.29, 0.717) is 5.13 Å². The zero-order chi connectivity index (χ0) is 21.7. The SMILES string of the molecule is CNS(=O)(=O)c1cccc(C(=O)OCC(=O)Nc2nc(-c3ccc(C)cc3)cs2)c1. The lowest BCUT2D eigenvalue weighted by Crippen LogP contribution is -2.21. The van der Waals surface area contributed by atoms with Gasteiger partial charge in [-0.05, 0) is 32.2 Å².